The number of ketones is 1. The smallest absolute Gasteiger partial charge is 0.341 e. The van der Waals surface area contributed by atoms with Gasteiger partial charge in [-0.25, -0.2) is 13.9 Å². The molecule has 11 nitrogen and oxygen atoms in total. The highest BCUT2D eigenvalue weighted by Gasteiger charge is 2.28. The minimum atomic E-state index is -1.31. The molecule has 2 aliphatic rings. The molecule has 244 valence electrons. The molecule has 0 atom stereocenters. The van der Waals surface area contributed by atoms with Gasteiger partial charge in [0.1, 0.15) is 17.1 Å². The number of allylic oxidation sites excluding steroid dienone is 1. The van der Waals surface area contributed by atoms with E-state index in [0.29, 0.717) is 49.5 Å². The third-order valence-corrected chi connectivity index (χ3v) is 8.87. The molecule has 1 saturated carbocycles. The number of aromatic carboxylic acids is 1. The Bertz CT molecular complexity index is 2090. The van der Waals surface area contributed by atoms with E-state index >= 15 is 4.39 Å². The van der Waals surface area contributed by atoms with Gasteiger partial charge in [0.25, 0.3) is 0 Å². The Morgan fingerprint density at radius 1 is 1.00 bits per heavy atom. The van der Waals surface area contributed by atoms with E-state index in [2.05, 4.69) is 15.2 Å². The Hall–Kier alpha value is -5.62. The third kappa shape index (κ3) is 6.34. The molecule has 3 heterocycles. The molecule has 1 aliphatic carbocycles. The first kappa shape index (κ1) is 31.0. The van der Waals surface area contributed by atoms with Gasteiger partial charge in [0.15, 0.2) is 5.78 Å². The fraction of sp³-hybridized carbons (Fsp3) is 0.250. The second-order valence-corrected chi connectivity index (χ2v) is 12.1. The van der Waals surface area contributed by atoms with Gasteiger partial charge in [-0.2, -0.15) is 0 Å². The number of ether oxygens (including phenoxy) is 1. The highest BCUT2D eigenvalue weighted by Crippen LogP contribution is 2.38. The Kier molecular flexibility index (Phi) is 8.32. The maximum Gasteiger partial charge on any atom is 0.341 e. The van der Waals surface area contributed by atoms with Gasteiger partial charge in [0, 0.05) is 55.9 Å². The Labute approximate surface area is 275 Å². The lowest BCUT2D eigenvalue weighted by molar-refractivity contribution is 0.0694. The third-order valence-electron chi connectivity index (χ3n) is 8.87. The molecule has 0 bridgehead atoms. The summed E-state index contributed by atoms with van der Waals surface area (Å²) in [5, 5.41) is 18.2. The largest absolute Gasteiger partial charge is 0.497 e. The molecule has 1 aliphatic heterocycles. The molecule has 2 aromatic heterocycles. The number of pyridine rings is 1. The summed E-state index contributed by atoms with van der Waals surface area (Å²) >= 11 is 0. The molecule has 0 spiro atoms. The molecule has 0 radical (unpaired) electrons. The van der Waals surface area contributed by atoms with Crippen molar-refractivity contribution in [1.82, 2.24) is 24.5 Å². The van der Waals surface area contributed by atoms with Crippen LogP contribution in [0.15, 0.2) is 83.9 Å². The number of halogens is 1. The van der Waals surface area contributed by atoms with E-state index in [4.69, 9.17) is 4.74 Å². The van der Waals surface area contributed by atoms with Gasteiger partial charge >= 0.3 is 5.97 Å². The fourth-order valence-corrected chi connectivity index (χ4v) is 6.04. The molecule has 0 unspecified atom stereocenters. The van der Waals surface area contributed by atoms with Crippen LogP contribution in [0.2, 0.25) is 0 Å². The Balaban J connectivity index is 0.978. The summed E-state index contributed by atoms with van der Waals surface area (Å²) in [7, 11) is 1.61. The fourth-order valence-electron chi connectivity index (χ4n) is 6.04. The van der Waals surface area contributed by atoms with Gasteiger partial charge < -0.3 is 19.3 Å². The van der Waals surface area contributed by atoms with Gasteiger partial charge in [0.2, 0.25) is 5.43 Å². The molecule has 48 heavy (non-hydrogen) atoms. The Morgan fingerprint density at radius 3 is 2.40 bits per heavy atom. The molecule has 12 heteroatoms. The van der Waals surface area contributed by atoms with E-state index in [9.17, 15) is 19.5 Å². The van der Waals surface area contributed by atoms with E-state index in [0.717, 1.165) is 35.5 Å². The number of methoxy groups -OCH3 is 1. The van der Waals surface area contributed by atoms with Gasteiger partial charge in [-0.1, -0.05) is 23.4 Å². The average molecular weight is 649 g/mol. The zero-order chi connectivity index (χ0) is 33.4. The van der Waals surface area contributed by atoms with E-state index < -0.39 is 17.2 Å². The van der Waals surface area contributed by atoms with E-state index in [1.165, 1.54) is 12.3 Å². The van der Waals surface area contributed by atoms with Crippen molar-refractivity contribution in [2.24, 2.45) is 0 Å². The summed E-state index contributed by atoms with van der Waals surface area (Å²) in [4.78, 5) is 41.4. The van der Waals surface area contributed by atoms with Crippen molar-refractivity contribution in [2.75, 3.05) is 38.2 Å². The molecular formula is C36H33FN6O5. The minimum absolute atomic E-state index is 0.0903. The van der Waals surface area contributed by atoms with Crippen LogP contribution in [-0.2, 0) is 6.54 Å². The van der Waals surface area contributed by atoms with Crippen molar-refractivity contribution in [2.45, 2.75) is 25.4 Å². The SMILES string of the molecule is COc1ccc(/C=C/C(=O)c2ccc(-n3cc(CN4CCN(c5cc6c(cc5F)c(=O)c(C(=O)O)cn6C5CC5)CC4)nn3)cc2)cc1. The van der Waals surface area contributed by atoms with Crippen LogP contribution in [0.25, 0.3) is 22.7 Å². The normalized spacial score (nSPS) is 15.3. The molecule has 1 N–H and O–H groups in total. The van der Waals surface area contributed by atoms with Crippen LogP contribution < -0.4 is 15.1 Å². The van der Waals surface area contributed by atoms with Gasteiger partial charge in [0.05, 0.1) is 35.9 Å². The predicted molar refractivity (Wildman–Crippen MR) is 179 cm³/mol. The Morgan fingerprint density at radius 2 is 1.73 bits per heavy atom. The highest BCUT2D eigenvalue weighted by atomic mass is 19.1. The zero-order valence-corrected chi connectivity index (χ0v) is 26.3. The van der Waals surface area contributed by atoms with Crippen LogP contribution in [0, 0.1) is 5.82 Å². The van der Waals surface area contributed by atoms with Gasteiger partial charge in [-0.05, 0) is 73.0 Å². The van der Waals surface area contributed by atoms with Crippen molar-refractivity contribution in [3.63, 3.8) is 0 Å². The zero-order valence-electron chi connectivity index (χ0n) is 26.3. The second-order valence-electron chi connectivity index (χ2n) is 12.1. The van der Waals surface area contributed by atoms with Crippen LogP contribution in [0.3, 0.4) is 0 Å². The number of carboxylic acid groups (broad SMARTS) is 1. The molecule has 0 amide bonds. The number of hydrogen-bond acceptors (Lipinski definition) is 8. The highest BCUT2D eigenvalue weighted by molar-refractivity contribution is 6.06. The summed E-state index contributed by atoms with van der Waals surface area (Å²) in [5.74, 6) is -1.20. The van der Waals surface area contributed by atoms with Crippen molar-refractivity contribution in [3.8, 4) is 11.4 Å². The van der Waals surface area contributed by atoms with Crippen LogP contribution >= 0.6 is 0 Å². The number of carbonyl (C=O) groups excluding carboxylic acids is 1. The van der Waals surface area contributed by atoms with Crippen LogP contribution in [0.4, 0.5) is 10.1 Å². The number of benzene rings is 3. The molecule has 2 fully saturated rings. The summed E-state index contributed by atoms with van der Waals surface area (Å²) in [6, 6.07) is 17.6. The van der Waals surface area contributed by atoms with Crippen molar-refractivity contribution in [3.05, 3.63) is 118 Å². The first-order chi connectivity index (χ1) is 23.3. The monoisotopic (exact) mass is 648 g/mol. The maximum atomic E-state index is 15.4. The predicted octanol–water partition coefficient (Wildman–Crippen LogP) is 4.98. The van der Waals surface area contributed by atoms with Crippen molar-refractivity contribution in [1.29, 1.82) is 0 Å². The summed E-state index contributed by atoms with van der Waals surface area (Å²) in [6.07, 6.45) is 8.35. The molecule has 1 saturated heterocycles. The summed E-state index contributed by atoms with van der Waals surface area (Å²) in [5.41, 5.74) is 2.98. The quantitative estimate of drug-likeness (QED) is 0.165. The van der Waals surface area contributed by atoms with Crippen LogP contribution in [0.5, 0.6) is 5.75 Å². The van der Waals surface area contributed by atoms with Gasteiger partial charge in [-0.15, -0.1) is 5.10 Å². The van der Waals surface area contributed by atoms with E-state index in [-0.39, 0.29) is 22.8 Å². The van der Waals surface area contributed by atoms with E-state index in [1.54, 1.807) is 42.1 Å². The van der Waals surface area contributed by atoms with Crippen LogP contribution in [-0.4, -0.2) is 74.6 Å². The number of anilines is 1. The second kappa shape index (κ2) is 12.9. The number of fused-ring (bicyclic) bond motifs is 1. The number of nitrogens with zero attached hydrogens (tertiary/aromatic N) is 6. The number of carbonyl (C=O) groups is 2. The molecule has 3 aromatic carbocycles. The topological polar surface area (TPSA) is 123 Å². The number of aromatic nitrogens is 4. The summed E-state index contributed by atoms with van der Waals surface area (Å²) in [6.45, 7) is 3.04. The lowest BCUT2D eigenvalue weighted by Gasteiger charge is -2.36. The maximum absolute atomic E-state index is 15.4. The van der Waals surface area contributed by atoms with Crippen LogP contribution in [0.1, 0.15) is 50.9 Å². The lowest BCUT2D eigenvalue weighted by atomic mass is 10.1. The minimum Gasteiger partial charge on any atom is -0.497 e. The number of piperazine rings is 1. The first-order valence-corrected chi connectivity index (χ1v) is 15.7. The van der Waals surface area contributed by atoms with Gasteiger partial charge in [-0.3, -0.25) is 14.5 Å². The first-order valence-electron chi connectivity index (χ1n) is 15.7. The number of carboxylic acids is 1. The lowest BCUT2D eigenvalue weighted by Crippen LogP contribution is -2.46. The number of rotatable bonds is 10. The molecule has 5 aromatic rings. The number of hydrogen-bond donors (Lipinski definition) is 1. The van der Waals surface area contributed by atoms with E-state index in [1.807, 2.05) is 52.1 Å². The van der Waals surface area contributed by atoms with Crippen molar-refractivity contribution < 1.29 is 23.8 Å². The molecular weight excluding hydrogens is 615 g/mol. The summed E-state index contributed by atoms with van der Waals surface area (Å²) < 4.78 is 24.0. The average Bonchev–Trinajstić information content (AvgIpc) is 3.85. The molecule has 7 rings (SSSR count). The van der Waals surface area contributed by atoms with Crippen molar-refractivity contribution >= 4 is 34.4 Å². The standard InChI is InChI=1S/C36H33FN6O5/c1-48-28-11-2-23(3-12-28)4-13-34(44)24-5-7-27(8-6-24)43-21-25(38-39-43)20-40-14-16-41(17-15-40)33-19-32-29(18-31(33)37)35(45)30(36(46)47)22-42(32)26-9-10-26/h2-8,11-13,18-19,21-22,26H,9-10,14-17,20H2,1H3,(H,46,47)/b13-4+.